The van der Waals surface area contributed by atoms with E-state index in [0.29, 0.717) is 19.4 Å². The molecule has 0 aromatic carbocycles. The fourth-order valence-corrected chi connectivity index (χ4v) is 7.49. The lowest BCUT2D eigenvalue weighted by atomic mass is 10.0. The molecule has 340 valence electrons. The number of amides is 1. The van der Waals surface area contributed by atoms with Gasteiger partial charge < -0.3 is 20.3 Å². The quantitative estimate of drug-likeness (QED) is 0.0323. The third-order valence-corrected chi connectivity index (χ3v) is 11.4. The van der Waals surface area contributed by atoms with E-state index in [1.807, 2.05) is 6.08 Å². The van der Waals surface area contributed by atoms with Crippen LogP contribution in [0.1, 0.15) is 258 Å². The van der Waals surface area contributed by atoms with E-state index < -0.39 is 12.1 Å². The van der Waals surface area contributed by atoms with E-state index in [0.717, 1.165) is 64.2 Å². The molecule has 0 bridgehead atoms. The Morgan fingerprint density at radius 1 is 0.483 bits per heavy atom. The summed E-state index contributed by atoms with van der Waals surface area (Å²) in [5.74, 6) is -0.102. The fraction of sp³-hybridized carbons (Fsp3) is 0.846. The molecule has 0 aromatic rings. The van der Waals surface area contributed by atoms with Crippen LogP contribution >= 0.6 is 0 Å². The molecule has 0 rings (SSSR count). The Morgan fingerprint density at radius 3 is 1.34 bits per heavy atom. The van der Waals surface area contributed by atoms with E-state index in [-0.39, 0.29) is 18.5 Å². The van der Waals surface area contributed by atoms with E-state index >= 15 is 0 Å². The van der Waals surface area contributed by atoms with Crippen molar-refractivity contribution in [2.24, 2.45) is 0 Å². The first-order valence-electron chi connectivity index (χ1n) is 25.3. The zero-order valence-electron chi connectivity index (χ0n) is 38.5. The summed E-state index contributed by atoms with van der Waals surface area (Å²) in [5.41, 5.74) is 0. The number of hydrogen-bond acceptors (Lipinski definition) is 5. The van der Waals surface area contributed by atoms with Crippen LogP contribution in [0.5, 0.6) is 0 Å². The minimum Gasteiger partial charge on any atom is -0.466 e. The Morgan fingerprint density at radius 2 is 0.862 bits per heavy atom. The Labute approximate surface area is 360 Å². The molecule has 2 unspecified atom stereocenters. The van der Waals surface area contributed by atoms with Crippen molar-refractivity contribution in [1.82, 2.24) is 5.32 Å². The number of aliphatic hydroxyl groups is 2. The molecule has 0 fully saturated rings. The highest BCUT2D eigenvalue weighted by Gasteiger charge is 2.18. The van der Waals surface area contributed by atoms with Crippen LogP contribution in [0, 0.1) is 0 Å². The monoisotopic (exact) mass is 816 g/mol. The number of nitrogens with one attached hydrogen (secondary N) is 1. The summed E-state index contributed by atoms with van der Waals surface area (Å²) in [6.45, 7) is 4.81. The standard InChI is InChI=1S/C52H97NO5/c1-3-5-7-9-11-13-15-16-17-18-19-20-21-22-26-30-34-38-42-46-52(57)58-47-43-39-35-31-27-24-23-25-29-33-37-41-45-51(56)53-49(48-54)50(55)44-40-36-32-28-14-12-10-8-6-4-2/h11,13,16-17,40,44,49-50,54-55H,3-10,12,14-15,18-39,41-43,45-48H2,1-2H3,(H,53,56)/b13-11-,17-16-,44-40+. The molecule has 6 heteroatoms. The van der Waals surface area contributed by atoms with Gasteiger partial charge in [0.15, 0.2) is 0 Å². The summed E-state index contributed by atoms with van der Waals surface area (Å²) in [4.78, 5) is 24.4. The first-order chi connectivity index (χ1) is 28.5. The van der Waals surface area contributed by atoms with E-state index in [1.54, 1.807) is 6.08 Å². The Kier molecular flexibility index (Phi) is 46.2. The number of carbonyl (C=O) groups is 2. The van der Waals surface area contributed by atoms with Gasteiger partial charge in [-0.05, 0) is 64.2 Å². The number of esters is 1. The van der Waals surface area contributed by atoms with Gasteiger partial charge in [0, 0.05) is 12.8 Å². The van der Waals surface area contributed by atoms with Gasteiger partial charge in [-0.25, -0.2) is 0 Å². The van der Waals surface area contributed by atoms with Crippen LogP contribution in [0.4, 0.5) is 0 Å². The Hall–Kier alpha value is -1.92. The van der Waals surface area contributed by atoms with Crippen molar-refractivity contribution in [3.8, 4) is 0 Å². The molecular weight excluding hydrogens is 719 g/mol. The predicted octanol–water partition coefficient (Wildman–Crippen LogP) is 14.9. The van der Waals surface area contributed by atoms with Crippen molar-refractivity contribution in [2.45, 2.75) is 270 Å². The maximum Gasteiger partial charge on any atom is 0.305 e. The maximum atomic E-state index is 12.4. The van der Waals surface area contributed by atoms with Crippen molar-refractivity contribution in [2.75, 3.05) is 13.2 Å². The molecular formula is C52H97NO5. The summed E-state index contributed by atoms with van der Waals surface area (Å²) in [7, 11) is 0. The number of carbonyl (C=O) groups excluding carboxylic acids is 2. The molecule has 0 spiro atoms. The molecule has 0 aliphatic heterocycles. The van der Waals surface area contributed by atoms with Gasteiger partial charge >= 0.3 is 5.97 Å². The Balaban J connectivity index is 3.45. The fourth-order valence-electron chi connectivity index (χ4n) is 7.49. The zero-order valence-corrected chi connectivity index (χ0v) is 38.5. The van der Waals surface area contributed by atoms with Crippen LogP contribution < -0.4 is 5.32 Å². The molecule has 1 amide bonds. The molecule has 6 nitrogen and oxygen atoms in total. The summed E-state index contributed by atoms with van der Waals surface area (Å²) < 4.78 is 5.47. The van der Waals surface area contributed by atoms with Crippen LogP contribution in [-0.2, 0) is 14.3 Å². The first-order valence-corrected chi connectivity index (χ1v) is 25.3. The van der Waals surface area contributed by atoms with Crippen LogP contribution in [0.15, 0.2) is 36.5 Å². The highest BCUT2D eigenvalue weighted by Crippen LogP contribution is 2.15. The highest BCUT2D eigenvalue weighted by molar-refractivity contribution is 5.76. The lowest BCUT2D eigenvalue weighted by molar-refractivity contribution is -0.143. The lowest BCUT2D eigenvalue weighted by Gasteiger charge is -2.20. The summed E-state index contributed by atoms with van der Waals surface area (Å²) in [6, 6.07) is -0.638. The second-order valence-electron chi connectivity index (χ2n) is 17.1. The third-order valence-electron chi connectivity index (χ3n) is 11.4. The van der Waals surface area contributed by atoms with Gasteiger partial charge in [0.1, 0.15) is 0 Å². The van der Waals surface area contributed by atoms with E-state index in [2.05, 4.69) is 43.5 Å². The first kappa shape index (κ1) is 56.1. The minimum absolute atomic E-state index is 0.0156. The second-order valence-corrected chi connectivity index (χ2v) is 17.1. The van der Waals surface area contributed by atoms with Crippen LogP contribution in [0.3, 0.4) is 0 Å². The second kappa shape index (κ2) is 47.8. The number of allylic oxidation sites excluding steroid dienone is 5. The average Bonchev–Trinajstić information content (AvgIpc) is 3.22. The van der Waals surface area contributed by atoms with Gasteiger partial charge in [0.05, 0.1) is 25.4 Å². The molecule has 0 saturated carbocycles. The molecule has 0 aliphatic carbocycles. The Bertz CT molecular complexity index is 946. The van der Waals surface area contributed by atoms with Gasteiger partial charge in [-0.2, -0.15) is 0 Å². The van der Waals surface area contributed by atoms with Gasteiger partial charge in [0.2, 0.25) is 5.91 Å². The van der Waals surface area contributed by atoms with Gasteiger partial charge in [0.25, 0.3) is 0 Å². The van der Waals surface area contributed by atoms with E-state index in [9.17, 15) is 19.8 Å². The largest absolute Gasteiger partial charge is 0.466 e. The predicted molar refractivity (Wildman–Crippen MR) is 250 cm³/mol. The normalized spacial score (nSPS) is 13.0. The van der Waals surface area contributed by atoms with Crippen molar-refractivity contribution in [3.05, 3.63) is 36.5 Å². The molecule has 0 aromatic heterocycles. The highest BCUT2D eigenvalue weighted by atomic mass is 16.5. The maximum absolute atomic E-state index is 12.4. The van der Waals surface area contributed by atoms with Crippen molar-refractivity contribution < 1.29 is 24.5 Å². The summed E-state index contributed by atoms with van der Waals surface area (Å²) in [6.07, 6.45) is 57.1. The van der Waals surface area contributed by atoms with Gasteiger partial charge in [-0.3, -0.25) is 9.59 Å². The van der Waals surface area contributed by atoms with Gasteiger partial charge in [-0.15, -0.1) is 0 Å². The van der Waals surface area contributed by atoms with Crippen LogP contribution in [-0.4, -0.2) is 47.4 Å². The number of ether oxygens (including phenoxy) is 1. The van der Waals surface area contributed by atoms with Crippen LogP contribution in [0.25, 0.3) is 0 Å². The number of unbranched alkanes of at least 4 members (excludes halogenated alkanes) is 31. The van der Waals surface area contributed by atoms with Crippen molar-refractivity contribution >= 4 is 11.9 Å². The van der Waals surface area contributed by atoms with Crippen LogP contribution in [0.2, 0.25) is 0 Å². The molecule has 0 aliphatic rings. The van der Waals surface area contributed by atoms with E-state index in [4.69, 9.17) is 4.74 Å². The number of hydrogen-bond donors (Lipinski definition) is 3. The molecule has 0 saturated heterocycles. The minimum atomic E-state index is -0.853. The molecule has 58 heavy (non-hydrogen) atoms. The molecule has 0 radical (unpaired) electrons. The average molecular weight is 816 g/mol. The number of rotatable bonds is 46. The zero-order chi connectivity index (χ0) is 42.3. The molecule has 3 N–H and O–H groups in total. The van der Waals surface area contributed by atoms with E-state index in [1.165, 1.54) is 167 Å². The SMILES string of the molecule is CCCCC/C=C\C/C=C\CCCCCCCCCCCC(=O)OCCCCCCCCCCCCCCC(=O)NC(CO)C(O)/C=C/CCCCCCCCCC. The smallest absolute Gasteiger partial charge is 0.305 e. The third kappa shape index (κ3) is 43.7. The molecule has 0 heterocycles. The molecule has 2 atom stereocenters. The topological polar surface area (TPSA) is 95.9 Å². The summed E-state index contributed by atoms with van der Waals surface area (Å²) >= 11 is 0. The lowest BCUT2D eigenvalue weighted by Crippen LogP contribution is -2.45. The van der Waals surface area contributed by atoms with Crippen molar-refractivity contribution in [3.63, 3.8) is 0 Å². The van der Waals surface area contributed by atoms with Crippen molar-refractivity contribution in [1.29, 1.82) is 0 Å². The van der Waals surface area contributed by atoms with Gasteiger partial charge in [-0.1, -0.05) is 217 Å². The number of aliphatic hydroxyl groups excluding tert-OH is 2. The summed E-state index contributed by atoms with van der Waals surface area (Å²) in [5, 5.41) is 22.9.